The van der Waals surface area contributed by atoms with Crippen molar-refractivity contribution in [2.24, 2.45) is 0 Å². The first-order valence-electron chi connectivity index (χ1n) is 5.34. The van der Waals surface area contributed by atoms with Crippen LogP contribution in [0.1, 0.15) is 49.5 Å². The van der Waals surface area contributed by atoms with Crippen LogP contribution in [0.4, 0.5) is 5.82 Å². The van der Waals surface area contributed by atoms with Gasteiger partial charge in [0.1, 0.15) is 23.4 Å². The van der Waals surface area contributed by atoms with Gasteiger partial charge in [0.05, 0.1) is 0 Å². The van der Waals surface area contributed by atoms with Crippen molar-refractivity contribution in [1.29, 1.82) is 5.26 Å². The van der Waals surface area contributed by atoms with E-state index in [2.05, 4.69) is 9.97 Å². The van der Waals surface area contributed by atoms with Gasteiger partial charge in [0, 0.05) is 12.0 Å². The highest BCUT2D eigenvalue weighted by atomic mass is 15.0. The van der Waals surface area contributed by atoms with Gasteiger partial charge in [-0.1, -0.05) is 19.3 Å². The van der Waals surface area contributed by atoms with Gasteiger partial charge in [-0.15, -0.1) is 0 Å². The Bertz CT molecular complexity index is 388. The Morgan fingerprint density at radius 2 is 2.00 bits per heavy atom. The number of nitriles is 1. The minimum absolute atomic E-state index is 0.378. The maximum Gasteiger partial charge on any atom is 0.146 e. The molecule has 0 bridgehead atoms. The van der Waals surface area contributed by atoms with Crippen molar-refractivity contribution in [3.63, 3.8) is 0 Å². The van der Waals surface area contributed by atoms with E-state index in [4.69, 9.17) is 11.0 Å². The second kappa shape index (κ2) is 4.26. The monoisotopic (exact) mass is 202 g/mol. The molecule has 2 rings (SSSR count). The molecule has 15 heavy (non-hydrogen) atoms. The molecule has 0 atom stereocenters. The Morgan fingerprint density at radius 3 is 2.67 bits per heavy atom. The number of nitrogen functional groups attached to an aromatic ring is 1. The summed E-state index contributed by atoms with van der Waals surface area (Å²) < 4.78 is 0. The van der Waals surface area contributed by atoms with E-state index >= 15 is 0 Å². The van der Waals surface area contributed by atoms with Crippen molar-refractivity contribution >= 4 is 5.82 Å². The van der Waals surface area contributed by atoms with Gasteiger partial charge in [-0.05, 0) is 12.8 Å². The number of anilines is 1. The van der Waals surface area contributed by atoms with E-state index in [1.54, 1.807) is 0 Å². The predicted molar refractivity (Wildman–Crippen MR) is 57.0 cm³/mol. The number of nitrogens with zero attached hydrogens (tertiary/aromatic N) is 3. The number of hydrogen-bond acceptors (Lipinski definition) is 4. The number of nitrogens with two attached hydrogens (primary N) is 1. The van der Waals surface area contributed by atoms with Crippen molar-refractivity contribution in [1.82, 2.24) is 9.97 Å². The molecule has 0 aliphatic heterocycles. The molecule has 1 aromatic rings. The Labute approximate surface area is 89.2 Å². The van der Waals surface area contributed by atoms with E-state index in [1.165, 1.54) is 25.3 Å². The first kappa shape index (κ1) is 9.91. The molecule has 0 spiro atoms. The summed E-state index contributed by atoms with van der Waals surface area (Å²) in [5.41, 5.74) is 6.02. The van der Waals surface area contributed by atoms with Crippen molar-refractivity contribution in [2.75, 3.05) is 5.73 Å². The molecule has 1 heterocycles. The van der Waals surface area contributed by atoms with Crippen molar-refractivity contribution in [3.05, 3.63) is 17.6 Å². The van der Waals surface area contributed by atoms with Gasteiger partial charge in [-0.2, -0.15) is 5.26 Å². The summed E-state index contributed by atoms with van der Waals surface area (Å²) >= 11 is 0. The zero-order chi connectivity index (χ0) is 10.7. The predicted octanol–water partition coefficient (Wildman–Crippen LogP) is 1.98. The lowest BCUT2D eigenvalue weighted by Gasteiger charge is -2.20. The highest BCUT2D eigenvalue weighted by Crippen LogP contribution is 2.30. The van der Waals surface area contributed by atoms with Gasteiger partial charge in [0.25, 0.3) is 0 Å². The summed E-state index contributed by atoms with van der Waals surface area (Å²) in [4.78, 5) is 8.44. The lowest BCUT2D eigenvalue weighted by atomic mass is 9.88. The standard InChI is InChI=1S/C11H14N4/c12-7-9-6-10(13)15-11(14-9)8-4-2-1-3-5-8/h6,8H,1-5H2,(H2,13,14,15). The molecule has 0 saturated heterocycles. The summed E-state index contributed by atoms with van der Waals surface area (Å²) in [7, 11) is 0. The normalized spacial score (nSPS) is 17.3. The molecule has 0 amide bonds. The van der Waals surface area contributed by atoms with Crippen molar-refractivity contribution in [2.45, 2.75) is 38.0 Å². The summed E-state index contributed by atoms with van der Waals surface area (Å²) in [5.74, 6) is 1.56. The minimum Gasteiger partial charge on any atom is -0.384 e. The molecule has 78 valence electrons. The molecule has 1 aliphatic rings. The molecule has 1 aliphatic carbocycles. The third-order valence-corrected chi connectivity index (χ3v) is 2.85. The lowest BCUT2D eigenvalue weighted by molar-refractivity contribution is 0.428. The van der Waals surface area contributed by atoms with Crippen LogP contribution in [0.25, 0.3) is 0 Å². The van der Waals surface area contributed by atoms with Crippen LogP contribution in [0.3, 0.4) is 0 Å². The van der Waals surface area contributed by atoms with Crippen LogP contribution < -0.4 is 5.73 Å². The average Bonchev–Trinajstić information content (AvgIpc) is 2.29. The van der Waals surface area contributed by atoms with E-state index in [0.717, 1.165) is 18.7 Å². The zero-order valence-electron chi connectivity index (χ0n) is 8.61. The smallest absolute Gasteiger partial charge is 0.146 e. The fourth-order valence-corrected chi connectivity index (χ4v) is 2.09. The molecule has 4 nitrogen and oxygen atoms in total. The number of aromatic nitrogens is 2. The molecular weight excluding hydrogens is 188 g/mol. The van der Waals surface area contributed by atoms with Crippen LogP contribution in [-0.2, 0) is 0 Å². The third kappa shape index (κ3) is 2.24. The molecule has 2 N–H and O–H groups in total. The van der Waals surface area contributed by atoms with E-state index in [-0.39, 0.29) is 0 Å². The second-order valence-electron chi connectivity index (χ2n) is 3.98. The van der Waals surface area contributed by atoms with Crippen LogP contribution in [0.5, 0.6) is 0 Å². The van der Waals surface area contributed by atoms with E-state index in [0.29, 0.717) is 17.4 Å². The summed E-state index contributed by atoms with van der Waals surface area (Å²) in [6, 6.07) is 3.54. The topological polar surface area (TPSA) is 75.6 Å². The second-order valence-corrected chi connectivity index (χ2v) is 3.98. The van der Waals surface area contributed by atoms with E-state index < -0.39 is 0 Å². The fourth-order valence-electron chi connectivity index (χ4n) is 2.09. The Hall–Kier alpha value is -1.63. The summed E-state index contributed by atoms with van der Waals surface area (Å²) in [6.45, 7) is 0. The lowest BCUT2D eigenvalue weighted by Crippen LogP contribution is -2.10. The first-order valence-corrected chi connectivity index (χ1v) is 5.34. The number of rotatable bonds is 1. The minimum atomic E-state index is 0.378. The zero-order valence-corrected chi connectivity index (χ0v) is 8.61. The van der Waals surface area contributed by atoms with Gasteiger partial charge >= 0.3 is 0 Å². The third-order valence-electron chi connectivity index (χ3n) is 2.85. The van der Waals surface area contributed by atoms with Gasteiger partial charge in [0.2, 0.25) is 0 Å². The molecule has 1 saturated carbocycles. The van der Waals surface area contributed by atoms with Crippen LogP contribution in [0, 0.1) is 11.3 Å². The first-order chi connectivity index (χ1) is 7.29. The van der Waals surface area contributed by atoms with Gasteiger partial charge in [-0.25, -0.2) is 9.97 Å². The molecule has 1 aromatic heterocycles. The van der Waals surface area contributed by atoms with Gasteiger partial charge in [-0.3, -0.25) is 0 Å². The summed E-state index contributed by atoms with van der Waals surface area (Å²) in [6.07, 6.45) is 5.99. The highest BCUT2D eigenvalue weighted by Gasteiger charge is 2.18. The summed E-state index contributed by atoms with van der Waals surface area (Å²) in [5, 5.41) is 8.79. The average molecular weight is 202 g/mol. The number of hydrogen-bond donors (Lipinski definition) is 1. The molecule has 0 radical (unpaired) electrons. The molecule has 0 aromatic carbocycles. The van der Waals surface area contributed by atoms with E-state index in [9.17, 15) is 0 Å². The molecule has 4 heteroatoms. The van der Waals surface area contributed by atoms with Crippen LogP contribution in [0.15, 0.2) is 6.07 Å². The maximum atomic E-state index is 8.79. The van der Waals surface area contributed by atoms with Crippen LogP contribution in [0.2, 0.25) is 0 Å². The van der Waals surface area contributed by atoms with Crippen LogP contribution in [-0.4, -0.2) is 9.97 Å². The van der Waals surface area contributed by atoms with Gasteiger partial charge in [0.15, 0.2) is 0 Å². The van der Waals surface area contributed by atoms with Gasteiger partial charge < -0.3 is 5.73 Å². The Kier molecular flexibility index (Phi) is 2.82. The molecule has 0 unspecified atom stereocenters. The fraction of sp³-hybridized carbons (Fsp3) is 0.545. The van der Waals surface area contributed by atoms with Crippen molar-refractivity contribution < 1.29 is 0 Å². The highest BCUT2D eigenvalue weighted by molar-refractivity contribution is 5.35. The van der Waals surface area contributed by atoms with E-state index in [1.807, 2.05) is 6.07 Å². The maximum absolute atomic E-state index is 8.79. The Balaban J connectivity index is 2.27. The Morgan fingerprint density at radius 1 is 1.27 bits per heavy atom. The van der Waals surface area contributed by atoms with Crippen molar-refractivity contribution in [3.8, 4) is 6.07 Å². The molecule has 1 fully saturated rings. The SMILES string of the molecule is N#Cc1cc(N)nc(C2CCCCC2)n1. The largest absolute Gasteiger partial charge is 0.384 e. The molecular formula is C11H14N4. The van der Waals surface area contributed by atoms with Crippen LogP contribution >= 0.6 is 0 Å². The quantitative estimate of drug-likeness (QED) is 0.755.